The highest BCUT2D eigenvalue weighted by molar-refractivity contribution is 5.99. The fourth-order valence-corrected chi connectivity index (χ4v) is 4.78. The van der Waals surface area contributed by atoms with Crippen LogP contribution in [0.25, 0.3) is 11.5 Å². The maximum absolute atomic E-state index is 13.6. The van der Waals surface area contributed by atoms with Crippen molar-refractivity contribution in [1.82, 2.24) is 29.7 Å². The molecule has 0 N–H and O–H groups in total. The van der Waals surface area contributed by atoms with Crippen molar-refractivity contribution in [2.75, 3.05) is 13.1 Å². The minimum absolute atomic E-state index is 0.0197. The van der Waals surface area contributed by atoms with Gasteiger partial charge in [0, 0.05) is 37.9 Å². The Balaban J connectivity index is 1.37. The summed E-state index contributed by atoms with van der Waals surface area (Å²) < 4.78 is 0. The average Bonchev–Trinajstić information content (AvgIpc) is 3.27. The molecule has 2 amide bonds. The summed E-state index contributed by atoms with van der Waals surface area (Å²) in [6, 6.07) is 11.2. The fourth-order valence-electron chi connectivity index (χ4n) is 4.78. The van der Waals surface area contributed by atoms with Crippen LogP contribution in [0, 0.1) is 0 Å². The Morgan fingerprint density at radius 3 is 2.31 bits per heavy atom. The van der Waals surface area contributed by atoms with Crippen LogP contribution < -0.4 is 0 Å². The molecule has 162 valence electrons. The topological polar surface area (TPSA) is 92.2 Å². The van der Waals surface area contributed by atoms with Crippen LogP contribution in [0.15, 0.2) is 61.2 Å². The molecule has 2 saturated heterocycles. The number of hydrogen-bond donors (Lipinski definition) is 0. The smallest absolute Gasteiger partial charge is 0.257 e. The van der Waals surface area contributed by atoms with E-state index in [2.05, 4.69) is 19.9 Å². The molecule has 1 spiro atoms. The Morgan fingerprint density at radius 2 is 1.62 bits per heavy atom. The molecule has 3 aromatic heterocycles. The van der Waals surface area contributed by atoms with Crippen LogP contribution in [0.5, 0.6) is 0 Å². The predicted molar refractivity (Wildman–Crippen MR) is 117 cm³/mol. The molecule has 3 aromatic rings. The van der Waals surface area contributed by atoms with Crippen molar-refractivity contribution in [3.8, 4) is 11.5 Å². The maximum atomic E-state index is 13.6. The third-order valence-electron chi connectivity index (χ3n) is 6.31. The first kappa shape index (κ1) is 20.2. The first-order chi connectivity index (χ1) is 15.7. The summed E-state index contributed by atoms with van der Waals surface area (Å²) in [6.07, 6.45) is 9.51. The number of hydrogen-bond acceptors (Lipinski definition) is 6. The van der Waals surface area contributed by atoms with Gasteiger partial charge < -0.3 is 9.80 Å². The molecular weight excluding hydrogens is 404 g/mol. The van der Waals surface area contributed by atoms with Crippen molar-refractivity contribution in [2.45, 2.75) is 37.8 Å². The molecule has 2 fully saturated rings. The monoisotopic (exact) mass is 428 g/mol. The van der Waals surface area contributed by atoms with E-state index >= 15 is 0 Å². The van der Waals surface area contributed by atoms with Crippen LogP contribution in [0.2, 0.25) is 0 Å². The molecule has 0 radical (unpaired) electrons. The van der Waals surface area contributed by atoms with Crippen molar-refractivity contribution in [3.63, 3.8) is 0 Å². The predicted octanol–water partition coefficient (Wildman–Crippen LogP) is 2.73. The van der Waals surface area contributed by atoms with E-state index < -0.39 is 5.54 Å². The Hall–Kier alpha value is -3.68. The molecule has 0 bridgehead atoms. The summed E-state index contributed by atoms with van der Waals surface area (Å²) in [7, 11) is 0. The molecule has 32 heavy (non-hydrogen) atoms. The molecule has 2 aliphatic heterocycles. The maximum Gasteiger partial charge on any atom is 0.257 e. The largest absolute Gasteiger partial charge is 0.335 e. The molecule has 1 atom stereocenters. The SMILES string of the molecule is O=C(c1cnc(-c2ccccn2)nc1)N1CCCC12CCCN(Cc1ccccn1)C2=O. The van der Waals surface area contributed by atoms with Crippen molar-refractivity contribution in [1.29, 1.82) is 0 Å². The average molecular weight is 428 g/mol. The number of aromatic nitrogens is 4. The Kier molecular flexibility index (Phi) is 5.34. The third kappa shape index (κ3) is 3.62. The summed E-state index contributed by atoms with van der Waals surface area (Å²) >= 11 is 0. The van der Waals surface area contributed by atoms with E-state index in [1.54, 1.807) is 17.3 Å². The van der Waals surface area contributed by atoms with E-state index in [0.29, 0.717) is 49.6 Å². The number of pyridine rings is 2. The van der Waals surface area contributed by atoms with E-state index in [4.69, 9.17) is 0 Å². The van der Waals surface area contributed by atoms with Crippen LogP contribution in [0.3, 0.4) is 0 Å². The lowest BCUT2D eigenvalue weighted by Crippen LogP contribution is -2.61. The van der Waals surface area contributed by atoms with E-state index in [-0.39, 0.29) is 11.8 Å². The second-order valence-corrected chi connectivity index (χ2v) is 8.25. The van der Waals surface area contributed by atoms with Gasteiger partial charge in [-0.2, -0.15) is 0 Å². The number of nitrogens with zero attached hydrogens (tertiary/aromatic N) is 6. The van der Waals surface area contributed by atoms with Gasteiger partial charge in [0.25, 0.3) is 5.91 Å². The second-order valence-electron chi connectivity index (χ2n) is 8.25. The van der Waals surface area contributed by atoms with Gasteiger partial charge in [0.05, 0.1) is 17.8 Å². The van der Waals surface area contributed by atoms with Crippen LogP contribution in [-0.4, -0.2) is 60.2 Å². The summed E-state index contributed by atoms with van der Waals surface area (Å²) in [5.41, 5.74) is 1.11. The van der Waals surface area contributed by atoms with E-state index in [1.807, 2.05) is 41.3 Å². The molecule has 5 rings (SSSR count). The minimum atomic E-state index is -0.788. The number of rotatable bonds is 4. The van der Waals surface area contributed by atoms with Crippen molar-refractivity contribution < 1.29 is 9.59 Å². The van der Waals surface area contributed by atoms with Gasteiger partial charge in [-0.3, -0.25) is 19.6 Å². The highest BCUT2D eigenvalue weighted by atomic mass is 16.2. The highest BCUT2D eigenvalue weighted by Gasteiger charge is 2.52. The van der Waals surface area contributed by atoms with Gasteiger partial charge in [-0.15, -0.1) is 0 Å². The lowest BCUT2D eigenvalue weighted by atomic mass is 9.85. The van der Waals surface area contributed by atoms with Gasteiger partial charge in [-0.25, -0.2) is 9.97 Å². The Bertz CT molecular complexity index is 1110. The summed E-state index contributed by atoms with van der Waals surface area (Å²) in [5.74, 6) is 0.294. The van der Waals surface area contributed by atoms with Gasteiger partial charge >= 0.3 is 0 Å². The van der Waals surface area contributed by atoms with Crippen LogP contribution >= 0.6 is 0 Å². The van der Waals surface area contributed by atoms with Crippen LogP contribution in [-0.2, 0) is 11.3 Å². The molecule has 0 aromatic carbocycles. The number of piperidine rings is 1. The van der Waals surface area contributed by atoms with Gasteiger partial charge in [0.15, 0.2) is 5.82 Å². The number of carbonyl (C=O) groups is 2. The lowest BCUT2D eigenvalue weighted by Gasteiger charge is -2.44. The Morgan fingerprint density at radius 1 is 0.906 bits per heavy atom. The van der Waals surface area contributed by atoms with E-state index in [9.17, 15) is 9.59 Å². The molecule has 0 saturated carbocycles. The summed E-state index contributed by atoms with van der Waals surface area (Å²) in [5, 5.41) is 0. The number of likely N-dealkylation sites (tertiary alicyclic amines) is 2. The normalized spacial score (nSPS) is 20.7. The van der Waals surface area contributed by atoms with E-state index in [1.165, 1.54) is 12.4 Å². The van der Waals surface area contributed by atoms with Crippen molar-refractivity contribution in [2.24, 2.45) is 0 Å². The highest BCUT2D eigenvalue weighted by Crippen LogP contribution is 2.39. The van der Waals surface area contributed by atoms with Gasteiger partial charge in [-0.1, -0.05) is 12.1 Å². The number of amides is 2. The molecule has 2 aliphatic rings. The molecule has 1 unspecified atom stereocenters. The molecule has 8 heteroatoms. The van der Waals surface area contributed by atoms with E-state index in [0.717, 1.165) is 18.5 Å². The molecular formula is C24H24N6O2. The van der Waals surface area contributed by atoms with Gasteiger partial charge in [0.1, 0.15) is 11.2 Å². The minimum Gasteiger partial charge on any atom is -0.335 e. The zero-order valence-corrected chi connectivity index (χ0v) is 17.7. The molecule has 8 nitrogen and oxygen atoms in total. The summed E-state index contributed by atoms with van der Waals surface area (Å²) in [6.45, 7) is 1.70. The second kappa shape index (κ2) is 8.45. The van der Waals surface area contributed by atoms with Crippen molar-refractivity contribution >= 4 is 11.8 Å². The van der Waals surface area contributed by atoms with Gasteiger partial charge in [-0.05, 0) is 49.9 Å². The quantitative estimate of drug-likeness (QED) is 0.635. The van der Waals surface area contributed by atoms with Crippen LogP contribution in [0.1, 0.15) is 41.7 Å². The zero-order chi connectivity index (χ0) is 22.0. The first-order valence-corrected chi connectivity index (χ1v) is 10.9. The molecule has 0 aliphatic carbocycles. The lowest BCUT2D eigenvalue weighted by molar-refractivity contribution is -0.146. The third-order valence-corrected chi connectivity index (χ3v) is 6.31. The standard InChI is InChI=1S/C24H24N6O2/c31-22(18-15-27-21(28-16-18)20-8-2-4-12-26-20)30-14-6-10-24(30)9-5-13-29(23(24)32)17-19-7-1-3-11-25-19/h1-4,7-8,11-12,15-16H,5-6,9-10,13-14,17H2. The molecule has 5 heterocycles. The fraction of sp³-hybridized carbons (Fsp3) is 0.333. The van der Waals surface area contributed by atoms with Crippen LogP contribution in [0.4, 0.5) is 0 Å². The zero-order valence-electron chi connectivity index (χ0n) is 17.7. The van der Waals surface area contributed by atoms with Crippen molar-refractivity contribution in [3.05, 3.63) is 72.4 Å². The summed E-state index contributed by atoms with van der Waals surface area (Å²) in [4.78, 5) is 47.9. The van der Waals surface area contributed by atoms with Gasteiger partial charge in [0.2, 0.25) is 5.91 Å². The number of carbonyl (C=O) groups excluding carboxylic acids is 2. The Labute approximate surface area is 186 Å². The first-order valence-electron chi connectivity index (χ1n) is 10.9.